The van der Waals surface area contributed by atoms with Crippen molar-refractivity contribution in [2.24, 2.45) is 5.10 Å². The number of benzene rings is 2. The van der Waals surface area contributed by atoms with Crippen LogP contribution in [0.2, 0.25) is 0 Å². The third-order valence-corrected chi connectivity index (χ3v) is 6.64. The van der Waals surface area contributed by atoms with E-state index in [1.54, 1.807) is 30.3 Å². The zero-order chi connectivity index (χ0) is 20.5. The molecule has 0 saturated heterocycles. The lowest BCUT2D eigenvalue weighted by Crippen LogP contribution is -2.26. The molecule has 1 aliphatic rings. The summed E-state index contributed by atoms with van der Waals surface area (Å²) in [6, 6.07) is 11.6. The van der Waals surface area contributed by atoms with Crippen LogP contribution in [-0.4, -0.2) is 39.0 Å². The summed E-state index contributed by atoms with van der Waals surface area (Å²) in [7, 11) is -7.25. The third kappa shape index (κ3) is 4.33. The van der Waals surface area contributed by atoms with Gasteiger partial charge in [0.15, 0.2) is 0 Å². The number of hydrazone groups is 1. The fourth-order valence-corrected chi connectivity index (χ4v) is 4.55. The van der Waals surface area contributed by atoms with Crippen LogP contribution >= 0.6 is 0 Å². The Kier molecular flexibility index (Phi) is 5.44. The molecule has 0 unspecified atom stereocenters. The molecule has 2 aromatic rings. The Morgan fingerprint density at radius 1 is 1.14 bits per heavy atom. The van der Waals surface area contributed by atoms with Crippen molar-refractivity contribution in [2.45, 2.75) is 19.4 Å². The predicted octanol–water partition coefficient (Wildman–Crippen LogP) is 2.70. The molecule has 0 aromatic heterocycles. The normalized spacial score (nSPS) is 17.5. The number of anilines is 1. The van der Waals surface area contributed by atoms with Gasteiger partial charge < -0.3 is 0 Å². The van der Waals surface area contributed by atoms with E-state index in [0.29, 0.717) is 22.5 Å². The van der Waals surface area contributed by atoms with Crippen LogP contribution in [0, 0.1) is 5.82 Å². The summed E-state index contributed by atoms with van der Waals surface area (Å²) in [5, 5.41) is 4.24. The summed E-state index contributed by atoms with van der Waals surface area (Å²) in [5.41, 5.74) is 1.66. The Morgan fingerprint density at radius 3 is 2.50 bits per heavy atom. The Bertz CT molecular complexity index is 1130. The van der Waals surface area contributed by atoms with Crippen LogP contribution in [0.1, 0.15) is 30.5 Å². The lowest BCUT2D eigenvalue weighted by Gasteiger charge is -2.21. The summed E-state index contributed by atoms with van der Waals surface area (Å²) in [5.74, 6) is -0.578. The maximum atomic E-state index is 13.7. The second kappa shape index (κ2) is 7.51. The van der Waals surface area contributed by atoms with Gasteiger partial charge in [0.1, 0.15) is 5.82 Å². The van der Waals surface area contributed by atoms with E-state index in [1.807, 2.05) is 0 Å². The third-order valence-electron chi connectivity index (χ3n) is 4.33. The van der Waals surface area contributed by atoms with Crippen molar-refractivity contribution in [1.29, 1.82) is 0 Å². The van der Waals surface area contributed by atoms with E-state index in [4.69, 9.17) is 0 Å². The summed E-state index contributed by atoms with van der Waals surface area (Å²) in [6.07, 6.45) is 1.21. The van der Waals surface area contributed by atoms with Crippen LogP contribution in [0.25, 0.3) is 0 Å². The Labute approximate surface area is 164 Å². The first-order valence-electron chi connectivity index (χ1n) is 8.53. The van der Waals surface area contributed by atoms with Crippen LogP contribution in [0.5, 0.6) is 0 Å². The van der Waals surface area contributed by atoms with Gasteiger partial charge >= 0.3 is 0 Å². The molecule has 0 saturated carbocycles. The highest BCUT2D eigenvalue weighted by molar-refractivity contribution is 7.92. The average Bonchev–Trinajstić information content (AvgIpc) is 3.07. The van der Waals surface area contributed by atoms with Gasteiger partial charge in [-0.25, -0.2) is 21.2 Å². The van der Waals surface area contributed by atoms with Gasteiger partial charge in [0, 0.05) is 12.0 Å². The number of rotatable bonds is 6. The second-order valence-electron chi connectivity index (χ2n) is 6.41. The van der Waals surface area contributed by atoms with Crippen LogP contribution in [0.3, 0.4) is 0 Å². The molecule has 0 fully saturated rings. The first-order chi connectivity index (χ1) is 13.1. The van der Waals surface area contributed by atoms with Crippen molar-refractivity contribution < 1.29 is 21.2 Å². The van der Waals surface area contributed by atoms with Gasteiger partial charge in [-0.3, -0.25) is 4.72 Å². The van der Waals surface area contributed by atoms with Crippen molar-refractivity contribution in [1.82, 2.24) is 4.41 Å². The van der Waals surface area contributed by atoms with Crippen molar-refractivity contribution in [2.75, 3.05) is 16.7 Å². The number of nitrogens with one attached hydrogen (secondary N) is 1. The van der Waals surface area contributed by atoms with Crippen molar-refractivity contribution in [3.63, 3.8) is 0 Å². The largest absolute Gasteiger partial charge is 0.283 e. The van der Waals surface area contributed by atoms with Crippen LogP contribution < -0.4 is 4.72 Å². The van der Waals surface area contributed by atoms with E-state index >= 15 is 0 Å². The topological polar surface area (TPSA) is 95.9 Å². The Hall–Kier alpha value is -2.46. The molecule has 0 radical (unpaired) electrons. The molecular weight excluding hydrogens is 405 g/mol. The quantitative estimate of drug-likeness (QED) is 0.770. The standard InChI is InChI=1S/C18H20FN3O4S2/c1-3-28(25,26)21-16-10-5-4-9-15(16)17-12-18(22(20-17)27(2,23)24)13-7-6-8-14(19)11-13/h4-11,18,21H,3,12H2,1-2H3/t18-/m1/s1. The van der Waals surface area contributed by atoms with Crippen molar-refractivity contribution in [3.8, 4) is 0 Å². The second-order valence-corrected chi connectivity index (χ2v) is 10.3. The molecule has 2 aromatic carbocycles. The number of hydrogen-bond acceptors (Lipinski definition) is 5. The number of nitrogens with zero attached hydrogens (tertiary/aromatic N) is 2. The van der Waals surface area contributed by atoms with E-state index in [1.165, 1.54) is 25.1 Å². The SMILES string of the molecule is CCS(=O)(=O)Nc1ccccc1C1=NN(S(C)(=O)=O)[C@@H](c2cccc(F)c2)C1. The van der Waals surface area contributed by atoms with E-state index in [0.717, 1.165) is 10.7 Å². The van der Waals surface area contributed by atoms with Gasteiger partial charge in [0.05, 0.1) is 29.4 Å². The molecule has 150 valence electrons. The summed E-state index contributed by atoms with van der Waals surface area (Å²) in [4.78, 5) is 0. The molecule has 1 atom stereocenters. The van der Waals surface area contributed by atoms with E-state index in [9.17, 15) is 21.2 Å². The molecule has 10 heteroatoms. The minimum Gasteiger partial charge on any atom is -0.283 e. The molecule has 1 N–H and O–H groups in total. The lowest BCUT2D eigenvalue weighted by molar-refractivity contribution is 0.373. The van der Waals surface area contributed by atoms with Gasteiger partial charge in [0.25, 0.3) is 0 Å². The highest BCUT2D eigenvalue weighted by Gasteiger charge is 2.35. The molecule has 3 rings (SSSR count). The minimum absolute atomic E-state index is 0.102. The molecule has 0 amide bonds. The highest BCUT2D eigenvalue weighted by Crippen LogP contribution is 2.36. The molecule has 0 bridgehead atoms. The van der Waals surface area contributed by atoms with E-state index in [2.05, 4.69) is 9.82 Å². The summed E-state index contributed by atoms with van der Waals surface area (Å²) >= 11 is 0. The van der Waals surface area contributed by atoms with Crippen LogP contribution in [-0.2, 0) is 20.0 Å². The average molecular weight is 426 g/mol. The molecule has 1 heterocycles. The van der Waals surface area contributed by atoms with Crippen molar-refractivity contribution >= 4 is 31.4 Å². The highest BCUT2D eigenvalue weighted by atomic mass is 32.2. The number of sulfonamides is 2. The van der Waals surface area contributed by atoms with Gasteiger partial charge in [-0.1, -0.05) is 30.3 Å². The minimum atomic E-state index is -3.72. The monoisotopic (exact) mass is 425 g/mol. The Morgan fingerprint density at radius 2 is 1.86 bits per heavy atom. The summed E-state index contributed by atoms with van der Waals surface area (Å²) < 4.78 is 65.6. The smallest absolute Gasteiger partial charge is 0.247 e. The van der Waals surface area contributed by atoms with Crippen LogP contribution in [0.4, 0.5) is 10.1 Å². The summed E-state index contributed by atoms with van der Waals surface area (Å²) in [6.45, 7) is 1.52. The molecular formula is C18H20FN3O4S2. The van der Waals surface area contributed by atoms with Crippen LogP contribution in [0.15, 0.2) is 53.6 Å². The molecule has 0 aliphatic carbocycles. The number of hydrogen-bond donors (Lipinski definition) is 1. The predicted molar refractivity (Wildman–Crippen MR) is 107 cm³/mol. The van der Waals surface area contributed by atoms with E-state index in [-0.39, 0.29) is 12.2 Å². The molecule has 7 nitrogen and oxygen atoms in total. The van der Waals surface area contributed by atoms with E-state index < -0.39 is 31.9 Å². The fraction of sp³-hybridized carbons (Fsp3) is 0.278. The van der Waals surface area contributed by atoms with Gasteiger partial charge in [-0.2, -0.15) is 9.52 Å². The molecule has 0 spiro atoms. The van der Waals surface area contributed by atoms with Gasteiger partial charge in [0.2, 0.25) is 20.0 Å². The van der Waals surface area contributed by atoms with Gasteiger partial charge in [-0.15, -0.1) is 0 Å². The van der Waals surface area contributed by atoms with Crippen molar-refractivity contribution in [3.05, 3.63) is 65.5 Å². The molecule has 1 aliphatic heterocycles. The zero-order valence-corrected chi connectivity index (χ0v) is 17.0. The first-order valence-corrected chi connectivity index (χ1v) is 12.0. The Balaban J connectivity index is 2.05. The molecule has 28 heavy (non-hydrogen) atoms. The zero-order valence-electron chi connectivity index (χ0n) is 15.3. The lowest BCUT2D eigenvalue weighted by atomic mass is 9.98. The maximum Gasteiger partial charge on any atom is 0.247 e. The fourth-order valence-electron chi connectivity index (χ4n) is 2.98. The maximum absolute atomic E-state index is 13.7. The number of para-hydroxylation sites is 1. The van der Waals surface area contributed by atoms with Gasteiger partial charge in [-0.05, 0) is 30.7 Å². The first kappa shape index (κ1) is 20.3. The number of halogens is 1.